The molecule has 2 unspecified atom stereocenters. The van der Waals surface area contributed by atoms with Gasteiger partial charge in [0.05, 0.1) is 19.8 Å². The molecule has 2 aliphatic rings. The van der Waals surface area contributed by atoms with Gasteiger partial charge in [0.25, 0.3) is 0 Å². The number of piperidine rings is 1. The van der Waals surface area contributed by atoms with Crippen LogP contribution in [0.15, 0.2) is 30.5 Å². The molecule has 0 spiro atoms. The van der Waals surface area contributed by atoms with Gasteiger partial charge in [-0.15, -0.1) is 0 Å². The molecule has 0 saturated carbocycles. The summed E-state index contributed by atoms with van der Waals surface area (Å²) >= 11 is 0. The van der Waals surface area contributed by atoms with E-state index in [1.165, 1.54) is 6.07 Å². The summed E-state index contributed by atoms with van der Waals surface area (Å²) in [7, 11) is 0. The number of carbonyl (C=O) groups is 1. The van der Waals surface area contributed by atoms with Gasteiger partial charge in [-0.2, -0.15) is 0 Å². The van der Waals surface area contributed by atoms with E-state index in [-0.39, 0.29) is 17.8 Å². The number of carbonyl (C=O) groups excluding carboxylic acids is 1. The fourth-order valence-electron chi connectivity index (χ4n) is 4.29. The summed E-state index contributed by atoms with van der Waals surface area (Å²) in [6.07, 6.45) is 2.56. The molecule has 1 aromatic heterocycles. The van der Waals surface area contributed by atoms with E-state index in [0.717, 1.165) is 43.7 Å². The molecule has 28 heavy (non-hydrogen) atoms. The van der Waals surface area contributed by atoms with Gasteiger partial charge >= 0.3 is 0 Å². The van der Waals surface area contributed by atoms with Crippen LogP contribution in [0.2, 0.25) is 0 Å². The Morgan fingerprint density at radius 2 is 2.11 bits per heavy atom. The Morgan fingerprint density at radius 3 is 2.93 bits per heavy atom. The van der Waals surface area contributed by atoms with Gasteiger partial charge in [0.15, 0.2) is 0 Å². The van der Waals surface area contributed by atoms with Crippen LogP contribution in [-0.4, -0.2) is 67.8 Å². The standard InChI is InChI=1S/C21H27FN4O2/c1-15-11-16(24-20(27)14-25-7-9-28-10-8-25)13-26(12-15)19-5-4-18(22)21-17(19)3-2-6-23-21/h2-6,15-16H,7-14H2,1H3,(H,24,27). The molecule has 4 rings (SSSR count). The van der Waals surface area contributed by atoms with Gasteiger partial charge in [-0.1, -0.05) is 6.92 Å². The van der Waals surface area contributed by atoms with Crippen molar-refractivity contribution in [3.63, 3.8) is 0 Å². The molecule has 1 N–H and O–H groups in total. The van der Waals surface area contributed by atoms with Crippen LogP contribution in [0.25, 0.3) is 10.9 Å². The highest BCUT2D eigenvalue weighted by Gasteiger charge is 2.28. The average Bonchev–Trinajstić information content (AvgIpc) is 2.68. The second-order valence-corrected chi connectivity index (χ2v) is 7.86. The van der Waals surface area contributed by atoms with Gasteiger partial charge in [-0.3, -0.25) is 14.7 Å². The highest BCUT2D eigenvalue weighted by molar-refractivity contribution is 5.92. The first-order chi connectivity index (χ1) is 13.6. The maximum atomic E-state index is 14.1. The van der Waals surface area contributed by atoms with Crippen molar-refractivity contribution >= 4 is 22.5 Å². The number of benzene rings is 1. The number of anilines is 1. The second-order valence-electron chi connectivity index (χ2n) is 7.86. The zero-order valence-corrected chi connectivity index (χ0v) is 16.2. The molecule has 0 aliphatic carbocycles. The third-order valence-electron chi connectivity index (χ3n) is 5.53. The summed E-state index contributed by atoms with van der Waals surface area (Å²) in [5, 5.41) is 4.02. The minimum Gasteiger partial charge on any atom is -0.379 e. The molecular formula is C21H27FN4O2. The second kappa shape index (κ2) is 8.41. The van der Waals surface area contributed by atoms with E-state index in [2.05, 4.69) is 27.0 Å². The molecule has 6 nitrogen and oxygen atoms in total. The number of rotatable bonds is 4. The van der Waals surface area contributed by atoms with Crippen LogP contribution >= 0.6 is 0 Å². The van der Waals surface area contributed by atoms with E-state index < -0.39 is 0 Å². The molecule has 0 bridgehead atoms. The molecule has 1 amide bonds. The van der Waals surface area contributed by atoms with Crippen LogP contribution in [0, 0.1) is 11.7 Å². The van der Waals surface area contributed by atoms with Gasteiger partial charge in [0, 0.05) is 49.5 Å². The van der Waals surface area contributed by atoms with Crippen LogP contribution in [0.1, 0.15) is 13.3 Å². The Balaban J connectivity index is 1.46. The normalized spacial score (nSPS) is 23.7. The lowest BCUT2D eigenvalue weighted by Gasteiger charge is -2.39. The van der Waals surface area contributed by atoms with Crippen molar-refractivity contribution in [2.24, 2.45) is 5.92 Å². The van der Waals surface area contributed by atoms with Crippen LogP contribution in [-0.2, 0) is 9.53 Å². The molecular weight excluding hydrogens is 359 g/mol. The third kappa shape index (κ3) is 4.25. The van der Waals surface area contributed by atoms with Crippen LogP contribution in [0.5, 0.6) is 0 Å². The number of pyridine rings is 1. The summed E-state index contributed by atoms with van der Waals surface area (Å²) in [6.45, 7) is 7.18. The molecule has 150 valence electrons. The molecule has 3 heterocycles. The quantitative estimate of drug-likeness (QED) is 0.872. The van der Waals surface area contributed by atoms with E-state index in [4.69, 9.17) is 4.74 Å². The Labute approximate surface area is 164 Å². The first-order valence-corrected chi connectivity index (χ1v) is 9.98. The van der Waals surface area contributed by atoms with Crippen molar-refractivity contribution in [2.75, 3.05) is 50.8 Å². The van der Waals surface area contributed by atoms with Gasteiger partial charge in [-0.25, -0.2) is 4.39 Å². The van der Waals surface area contributed by atoms with Crippen molar-refractivity contribution < 1.29 is 13.9 Å². The number of nitrogens with zero attached hydrogens (tertiary/aromatic N) is 3. The predicted molar refractivity (Wildman–Crippen MR) is 107 cm³/mol. The van der Waals surface area contributed by atoms with Crippen LogP contribution in [0.3, 0.4) is 0 Å². The molecule has 2 atom stereocenters. The number of ether oxygens (including phenoxy) is 1. The number of nitrogens with one attached hydrogen (secondary N) is 1. The van der Waals surface area contributed by atoms with Crippen molar-refractivity contribution in [2.45, 2.75) is 19.4 Å². The van der Waals surface area contributed by atoms with Crippen molar-refractivity contribution in [1.82, 2.24) is 15.2 Å². The highest BCUT2D eigenvalue weighted by atomic mass is 19.1. The number of halogens is 1. The van der Waals surface area contributed by atoms with Crippen molar-refractivity contribution in [3.8, 4) is 0 Å². The van der Waals surface area contributed by atoms with E-state index in [1.54, 1.807) is 6.20 Å². The smallest absolute Gasteiger partial charge is 0.234 e. The summed E-state index contributed by atoms with van der Waals surface area (Å²) < 4.78 is 19.5. The molecule has 2 aliphatic heterocycles. The lowest BCUT2D eigenvalue weighted by atomic mass is 9.94. The number of morpholine rings is 1. The van der Waals surface area contributed by atoms with E-state index in [0.29, 0.717) is 31.2 Å². The molecule has 1 aromatic carbocycles. The topological polar surface area (TPSA) is 57.7 Å². The number of aromatic nitrogens is 1. The molecule has 0 radical (unpaired) electrons. The number of hydrogen-bond acceptors (Lipinski definition) is 5. The monoisotopic (exact) mass is 386 g/mol. The van der Waals surface area contributed by atoms with Crippen LogP contribution in [0.4, 0.5) is 10.1 Å². The fourth-order valence-corrected chi connectivity index (χ4v) is 4.29. The first-order valence-electron chi connectivity index (χ1n) is 9.98. The molecule has 2 saturated heterocycles. The van der Waals surface area contributed by atoms with Gasteiger partial charge < -0.3 is 15.0 Å². The summed E-state index contributed by atoms with van der Waals surface area (Å²) in [5.74, 6) is 0.186. The number of hydrogen-bond donors (Lipinski definition) is 1. The molecule has 2 aromatic rings. The van der Waals surface area contributed by atoms with Gasteiger partial charge in [0.1, 0.15) is 11.3 Å². The maximum Gasteiger partial charge on any atom is 0.234 e. The number of fused-ring (bicyclic) bond motifs is 1. The maximum absolute atomic E-state index is 14.1. The summed E-state index contributed by atoms with van der Waals surface area (Å²) in [5.41, 5.74) is 1.37. The average molecular weight is 386 g/mol. The minimum absolute atomic E-state index is 0.0616. The van der Waals surface area contributed by atoms with Gasteiger partial charge in [0.2, 0.25) is 5.91 Å². The van der Waals surface area contributed by atoms with E-state index in [1.807, 2.05) is 18.2 Å². The zero-order valence-electron chi connectivity index (χ0n) is 16.2. The Hall–Kier alpha value is -2.25. The lowest BCUT2D eigenvalue weighted by Crippen LogP contribution is -2.53. The SMILES string of the molecule is CC1CC(NC(=O)CN2CCOCC2)CN(c2ccc(F)c3ncccc23)C1. The highest BCUT2D eigenvalue weighted by Crippen LogP contribution is 2.30. The summed E-state index contributed by atoms with van der Waals surface area (Å²) in [4.78, 5) is 21.1. The molecule has 2 fully saturated rings. The van der Waals surface area contributed by atoms with Crippen molar-refractivity contribution in [3.05, 3.63) is 36.3 Å². The Kier molecular flexibility index (Phi) is 5.73. The predicted octanol–water partition coefficient (Wildman–Crippen LogP) is 2.04. The lowest BCUT2D eigenvalue weighted by molar-refractivity contribution is -0.124. The number of amides is 1. The van der Waals surface area contributed by atoms with E-state index >= 15 is 0 Å². The Morgan fingerprint density at radius 1 is 1.29 bits per heavy atom. The van der Waals surface area contributed by atoms with Crippen LogP contribution < -0.4 is 10.2 Å². The minimum atomic E-state index is -0.306. The Bertz CT molecular complexity index is 840. The van der Waals surface area contributed by atoms with Gasteiger partial charge in [-0.05, 0) is 36.6 Å². The van der Waals surface area contributed by atoms with Crippen molar-refractivity contribution in [1.29, 1.82) is 0 Å². The third-order valence-corrected chi connectivity index (χ3v) is 5.53. The molecule has 7 heteroatoms. The fraction of sp³-hybridized carbons (Fsp3) is 0.524. The zero-order chi connectivity index (χ0) is 19.5. The largest absolute Gasteiger partial charge is 0.379 e. The van der Waals surface area contributed by atoms with E-state index in [9.17, 15) is 9.18 Å². The summed E-state index contributed by atoms with van der Waals surface area (Å²) in [6, 6.07) is 7.13. The first kappa shape index (κ1) is 19.1.